The van der Waals surface area contributed by atoms with Gasteiger partial charge in [0.2, 0.25) is 0 Å². The molecule has 0 radical (unpaired) electrons. The van der Waals surface area contributed by atoms with Gasteiger partial charge in [-0.1, -0.05) is 0 Å². The normalized spacial score (nSPS) is 10.8. The molecule has 0 spiro atoms. The van der Waals surface area contributed by atoms with Crippen LogP contribution in [0.4, 0.5) is 5.69 Å². The lowest BCUT2D eigenvalue weighted by Gasteiger charge is -2.19. The lowest BCUT2D eigenvalue weighted by molar-refractivity contribution is -0.384. The maximum Gasteiger partial charge on any atom is 0.269 e. The number of halogens is 2. The van der Waals surface area contributed by atoms with Gasteiger partial charge in [-0.15, -0.1) is 23.2 Å². The fourth-order valence-electron chi connectivity index (χ4n) is 1.75. The minimum atomic E-state index is -0.489. The van der Waals surface area contributed by atoms with Crippen LogP contribution in [-0.4, -0.2) is 47.0 Å². The molecule has 0 aliphatic carbocycles. The summed E-state index contributed by atoms with van der Waals surface area (Å²) in [5, 5.41) is 10.5. The van der Waals surface area contributed by atoms with Crippen LogP contribution in [-0.2, 0) is 0 Å². The van der Waals surface area contributed by atoms with Gasteiger partial charge >= 0.3 is 0 Å². The van der Waals surface area contributed by atoms with Gasteiger partial charge in [-0.05, 0) is 12.1 Å². The third kappa shape index (κ3) is 5.45. The highest BCUT2D eigenvalue weighted by molar-refractivity contribution is 6.18. The maximum atomic E-state index is 12.0. The van der Waals surface area contributed by atoms with E-state index in [1.54, 1.807) is 0 Å². The highest BCUT2D eigenvalue weighted by atomic mass is 35.5. The maximum absolute atomic E-state index is 12.0. The summed E-state index contributed by atoms with van der Waals surface area (Å²) in [6, 6.07) is 5.63. The summed E-state index contributed by atoms with van der Waals surface area (Å²) < 4.78 is 0. The smallest absolute Gasteiger partial charge is 0.269 e. The quantitative estimate of drug-likeness (QED) is 0.304. The third-order valence-corrected chi connectivity index (χ3v) is 3.19. The summed E-state index contributed by atoms with van der Waals surface area (Å²) in [5.74, 6) is 0.930. The number of nitro groups is 1. The van der Waals surface area contributed by atoms with Crippen molar-refractivity contribution < 1.29 is 9.72 Å². The van der Waals surface area contributed by atoms with E-state index in [4.69, 9.17) is 23.2 Å². The first-order chi connectivity index (χ1) is 9.58. The Morgan fingerprint density at radius 3 is 2.10 bits per heavy atom. The number of hydrogen-bond acceptors (Lipinski definition) is 4. The van der Waals surface area contributed by atoms with Gasteiger partial charge in [-0.3, -0.25) is 14.9 Å². The number of carbonyl (C=O) groups excluding carboxylic acids is 1. The molecule has 0 heterocycles. The number of alkyl halides is 2. The number of carbonyl (C=O) groups is 1. The fraction of sp³-hybridized carbons (Fsp3) is 0.462. The molecular weight excluding hydrogens is 303 g/mol. The van der Waals surface area contributed by atoms with Gasteiger partial charge in [-0.2, -0.15) is 0 Å². The number of benzene rings is 1. The van der Waals surface area contributed by atoms with Crippen LogP contribution in [0.25, 0.3) is 0 Å². The molecule has 0 aliphatic heterocycles. The second-order valence-electron chi connectivity index (χ2n) is 4.20. The zero-order valence-electron chi connectivity index (χ0n) is 10.9. The first kappa shape index (κ1) is 16.9. The molecule has 0 aromatic heterocycles. The molecule has 0 aliphatic rings. The number of non-ortho nitro benzene ring substituents is 1. The second-order valence-corrected chi connectivity index (χ2v) is 4.95. The molecule has 1 rings (SSSR count). The minimum absolute atomic E-state index is 0.0209. The van der Waals surface area contributed by atoms with E-state index in [0.29, 0.717) is 43.4 Å². The highest BCUT2D eigenvalue weighted by Gasteiger charge is 2.11. The number of ketones is 1. The van der Waals surface area contributed by atoms with Gasteiger partial charge in [0, 0.05) is 55.5 Å². The molecule has 110 valence electrons. The van der Waals surface area contributed by atoms with Crippen LogP contribution in [0.2, 0.25) is 0 Å². The molecule has 0 saturated heterocycles. The molecule has 0 bridgehead atoms. The Hall–Kier alpha value is -1.17. The van der Waals surface area contributed by atoms with Crippen molar-refractivity contribution in [3.05, 3.63) is 39.9 Å². The van der Waals surface area contributed by atoms with E-state index in [1.165, 1.54) is 24.3 Å². The first-order valence-electron chi connectivity index (χ1n) is 6.20. The van der Waals surface area contributed by atoms with E-state index in [-0.39, 0.29) is 11.5 Å². The van der Waals surface area contributed by atoms with Crippen LogP contribution in [0.5, 0.6) is 0 Å². The van der Waals surface area contributed by atoms with E-state index < -0.39 is 4.92 Å². The Bertz CT molecular complexity index is 445. The van der Waals surface area contributed by atoms with Gasteiger partial charge in [0.15, 0.2) is 5.78 Å². The van der Waals surface area contributed by atoms with Crippen molar-refractivity contribution in [1.29, 1.82) is 0 Å². The van der Waals surface area contributed by atoms with Gasteiger partial charge in [0.25, 0.3) is 5.69 Å². The molecule has 0 atom stereocenters. The lowest BCUT2D eigenvalue weighted by atomic mass is 10.1. The topological polar surface area (TPSA) is 63.5 Å². The molecule has 5 nitrogen and oxygen atoms in total. The van der Waals surface area contributed by atoms with E-state index in [9.17, 15) is 14.9 Å². The van der Waals surface area contributed by atoms with E-state index in [2.05, 4.69) is 0 Å². The second kappa shape index (κ2) is 8.89. The van der Waals surface area contributed by atoms with Crippen LogP contribution in [0.3, 0.4) is 0 Å². The van der Waals surface area contributed by atoms with Crippen molar-refractivity contribution in [2.75, 3.05) is 31.4 Å². The van der Waals surface area contributed by atoms with Crippen LogP contribution >= 0.6 is 23.2 Å². The SMILES string of the molecule is O=C(CCN(CCCl)CCCl)c1ccc([N+](=O)[O-])cc1. The Labute approximate surface area is 127 Å². The van der Waals surface area contributed by atoms with Crippen molar-refractivity contribution in [2.45, 2.75) is 6.42 Å². The van der Waals surface area contributed by atoms with Gasteiger partial charge in [0.1, 0.15) is 0 Å². The van der Waals surface area contributed by atoms with E-state index >= 15 is 0 Å². The lowest BCUT2D eigenvalue weighted by Crippen LogP contribution is -2.30. The van der Waals surface area contributed by atoms with Crippen LogP contribution in [0.15, 0.2) is 24.3 Å². The summed E-state index contributed by atoms with van der Waals surface area (Å²) in [5.41, 5.74) is 0.458. The molecule has 1 aromatic rings. The fourth-order valence-corrected chi connectivity index (χ4v) is 2.23. The number of hydrogen-bond donors (Lipinski definition) is 0. The standard InChI is InChI=1S/C13H16Cl2N2O3/c14-6-9-16(10-7-15)8-5-13(18)11-1-3-12(4-2-11)17(19)20/h1-4H,5-10H2. The summed E-state index contributed by atoms with van der Waals surface area (Å²) >= 11 is 11.4. The van der Waals surface area contributed by atoms with Crippen LogP contribution in [0, 0.1) is 10.1 Å². The average Bonchev–Trinajstić information content (AvgIpc) is 2.45. The van der Waals surface area contributed by atoms with Crippen LogP contribution < -0.4 is 0 Å². The molecule has 20 heavy (non-hydrogen) atoms. The van der Waals surface area contributed by atoms with Gasteiger partial charge in [0.05, 0.1) is 4.92 Å². The molecular formula is C13H16Cl2N2O3. The molecule has 1 aromatic carbocycles. The van der Waals surface area contributed by atoms with Crippen molar-refractivity contribution in [3.63, 3.8) is 0 Å². The summed E-state index contributed by atoms with van der Waals surface area (Å²) in [4.78, 5) is 24.0. The average molecular weight is 319 g/mol. The van der Waals surface area contributed by atoms with Crippen molar-refractivity contribution in [1.82, 2.24) is 4.90 Å². The highest BCUT2D eigenvalue weighted by Crippen LogP contribution is 2.13. The van der Waals surface area contributed by atoms with Crippen molar-refractivity contribution >= 4 is 34.7 Å². The Balaban J connectivity index is 2.55. The molecule has 0 fully saturated rings. The Kier molecular flexibility index (Phi) is 7.51. The Morgan fingerprint density at radius 2 is 1.65 bits per heavy atom. The molecule has 0 amide bonds. The molecule has 0 unspecified atom stereocenters. The van der Waals surface area contributed by atoms with E-state index in [1.807, 2.05) is 4.90 Å². The van der Waals surface area contributed by atoms with Crippen molar-refractivity contribution in [2.24, 2.45) is 0 Å². The van der Waals surface area contributed by atoms with E-state index in [0.717, 1.165) is 0 Å². The number of nitrogens with zero attached hydrogens (tertiary/aromatic N) is 2. The monoisotopic (exact) mass is 318 g/mol. The zero-order chi connectivity index (χ0) is 15.0. The number of rotatable bonds is 9. The summed E-state index contributed by atoms with van der Waals surface area (Å²) in [6.07, 6.45) is 0.339. The zero-order valence-corrected chi connectivity index (χ0v) is 12.4. The summed E-state index contributed by atoms with van der Waals surface area (Å²) in [6.45, 7) is 1.94. The Morgan fingerprint density at radius 1 is 1.10 bits per heavy atom. The minimum Gasteiger partial charge on any atom is -0.301 e. The third-order valence-electron chi connectivity index (χ3n) is 2.86. The molecule has 0 N–H and O–H groups in total. The summed E-state index contributed by atoms with van der Waals surface area (Å²) in [7, 11) is 0. The van der Waals surface area contributed by atoms with Gasteiger partial charge in [-0.25, -0.2) is 0 Å². The largest absolute Gasteiger partial charge is 0.301 e. The predicted molar refractivity (Wildman–Crippen MR) is 79.9 cm³/mol. The first-order valence-corrected chi connectivity index (χ1v) is 7.27. The molecule has 7 heteroatoms. The van der Waals surface area contributed by atoms with Crippen LogP contribution in [0.1, 0.15) is 16.8 Å². The number of Topliss-reactive ketones (excluding diaryl/α,β-unsaturated/α-hetero) is 1. The molecule has 0 saturated carbocycles. The predicted octanol–water partition coefficient (Wildman–Crippen LogP) is 2.95. The van der Waals surface area contributed by atoms with Gasteiger partial charge < -0.3 is 4.90 Å². The van der Waals surface area contributed by atoms with Crippen molar-refractivity contribution in [3.8, 4) is 0 Å². The number of nitro benzene ring substituents is 1.